The Morgan fingerprint density at radius 2 is 1.73 bits per heavy atom. The third-order valence-electron chi connectivity index (χ3n) is 2.47. The van der Waals surface area contributed by atoms with Crippen LogP contribution in [-0.4, -0.2) is 5.54 Å². The van der Waals surface area contributed by atoms with Crippen LogP contribution in [0, 0.1) is 0 Å². The molecule has 66 valence electrons. The number of allylic oxidation sites excluding steroid dienone is 1. The first kappa shape index (κ1) is 10.5. The molecular weight excluding hydrogens is 134 g/mol. The highest BCUT2D eigenvalue weighted by molar-refractivity contribution is 4.97. The zero-order valence-electron chi connectivity index (χ0n) is 8.33. The Morgan fingerprint density at radius 3 is 2.00 bits per heavy atom. The molecule has 0 saturated carbocycles. The van der Waals surface area contributed by atoms with Crippen LogP contribution in [0.3, 0.4) is 0 Å². The van der Waals surface area contributed by atoms with Gasteiger partial charge in [-0.25, -0.2) is 0 Å². The van der Waals surface area contributed by atoms with Crippen molar-refractivity contribution in [3.63, 3.8) is 0 Å². The molecule has 0 amide bonds. The molecule has 0 radical (unpaired) electrons. The van der Waals surface area contributed by atoms with E-state index in [2.05, 4.69) is 39.6 Å². The van der Waals surface area contributed by atoms with Crippen molar-refractivity contribution in [1.82, 2.24) is 5.32 Å². The minimum absolute atomic E-state index is 0.257. The summed E-state index contributed by atoms with van der Waals surface area (Å²) >= 11 is 0. The van der Waals surface area contributed by atoms with Gasteiger partial charge >= 0.3 is 0 Å². The maximum atomic E-state index is 3.94. The van der Waals surface area contributed by atoms with Crippen LogP contribution in [0.4, 0.5) is 0 Å². The van der Waals surface area contributed by atoms with Gasteiger partial charge in [-0.1, -0.05) is 27.4 Å². The fraction of sp³-hybridized carbons (Fsp3) is 0.800. The van der Waals surface area contributed by atoms with Gasteiger partial charge in [0, 0.05) is 11.2 Å². The summed E-state index contributed by atoms with van der Waals surface area (Å²) < 4.78 is 0. The lowest BCUT2D eigenvalue weighted by Crippen LogP contribution is -2.39. The molecule has 1 nitrogen and oxygen atoms in total. The molecule has 0 saturated heterocycles. The van der Waals surface area contributed by atoms with Crippen LogP contribution in [0.15, 0.2) is 12.3 Å². The van der Waals surface area contributed by atoms with E-state index in [-0.39, 0.29) is 5.54 Å². The van der Waals surface area contributed by atoms with Gasteiger partial charge in [-0.2, -0.15) is 0 Å². The van der Waals surface area contributed by atoms with E-state index in [1.165, 1.54) is 0 Å². The van der Waals surface area contributed by atoms with Crippen molar-refractivity contribution < 1.29 is 0 Å². The van der Waals surface area contributed by atoms with Crippen molar-refractivity contribution in [3.8, 4) is 0 Å². The Bertz CT molecular complexity index is 123. The molecule has 0 aromatic heterocycles. The molecule has 1 N–H and O–H groups in total. The molecule has 11 heavy (non-hydrogen) atoms. The van der Waals surface area contributed by atoms with Crippen LogP contribution >= 0.6 is 0 Å². The van der Waals surface area contributed by atoms with Crippen LogP contribution in [0.1, 0.15) is 47.0 Å². The van der Waals surface area contributed by atoms with E-state index in [0.29, 0.717) is 0 Å². The summed E-state index contributed by atoms with van der Waals surface area (Å²) in [6.45, 7) is 12.7. The van der Waals surface area contributed by atoms with Gasteiger partial charge in [-0.3, -0.25) is 0 Å². The van der Waals surface area contributed by atoms with Gasteiger partial charge in [0.15, 0.2) is 0 Å². The third kappa shape index (κ3) is 3.45. The highest BCUT2D eigenvalue weighted by atomic mass is 15.0. The molecule has 0 atom stereocenters. The second-order valence-electron chi connectivity index (χ2n) is 3.35. The number of hydrogen-bond acceptors (Lipinski definition) is 1. The third-order valence-corrected chi connectivity index (χ3v) is 2.47. The van der Waals surface area contributed by atoms with E-state index >= 15 is 0 Å². The maximum absolute atomic E-state index is 3.94. The summed E-state index contributed by atoms with van der Waals surface area (Å²) in [5, 5.41) is 3.45. The van der Waals surface area contributed by atoms with Crippen LogP contribution < -0.4 is 5.32 Å². The largest absolute Gasteiger partial charge is 0.384 e. The van der Waals surface area contributed by atoms with Crippen molar-refractivity contribution in [1.29, 1.82) is 0 Å². The standard InChI is InChI=1S/C10H21N/c1-6-9(4)11-10(5,7-2)8-3/h11H,4,6-8H2,1-3,5H3. The molecule has 0 aliphatic carbocycles. The molecule has 0 aliphatic heterocycles. The number of rotatable bonds is 5. The smallest absolute Gasteiger partial charge is 0.0337 e. The van der Waals surface area contributed by atoms with Crippen molar-refractivity contribution in [3.05, 3.63) is 12.3 Å². The lowest BCUT2D eigenvalue weighted by molar-refractivity contribution is 0.360. The summed E-state index contributed by atoms with van der Waals surface area (Å²) in [6.07, 6.45) is 3.33. The highest BCUT2D eigenvalue weighted by Gasteiger charge is 2.18. The van der Waals surface area contributed by atoms with E-state index < -0.39 is 0 Å². The number of hydrogen-bond donors (Lipinski definition) is 1. The molecule has 0 unspecified atom stereocenters. The summed E-state index contributed by atoms with van der Waals surface area (Å²) in [6, 6.07) is 0. The molecule has 0 aromatic carbocycles. The van der Waals surface area contributed by atoms with Gasteiger partial charge in [0.1, 0.15) is 0 Å². The molecule has 0 fully saturated rings. The minimum Gasteiger partial charge on any atom is -0.384 e. The monoisotopic (exact) mass is 155 g/mol. The predicted molar refractivity (Wildman–Crippen MR) is 51.6 cm³/mol. The second kappa shape index (κ2) is 4.42. The Labute approximate surface area is 70.9 Å². The zero-order valence-corrected chi connectivity index (χ0v) is 8.33. The van der Waals surface area contributed by atoms with Crippen LogP contribution in [0.25, 0.3) is 0 Å². The van der Waals surface area contributed by atoms with Crippen LogP contribution in [-0.2, 0) is 0 Å². The second-order valence-corrected chi connectivity index (χ2v) is 3.35. The van der Waals surface area contributed by atoms with Crippen LogP contribution in [0.2, 0.25) is 0 Å². The summed E-state index contributed by atoms with van der Waals surface area (Å²) in [4.78, 5) is 0. The molecule has 0 aromatic rings. The Hall–Kier alpha value is -0.460. The van der Waals surface area contributed by atoms with E-state index in [1.54, 1.807) is 0 Å². The average molecular weight is 155 g/mol. The molecule has 0 rings (SSSR count). The predicted octanol–water partition coefficient (Wildman–Crippen LogP) is 3.08. The fourth-order valence-electron chi connectivity index (χ4n) is 0.942. The summed E-state index contributed by atoms with van der Waals surface area (Å²) in [5.74, 6) is 0. The van der Waals surface area contributed by atoms with Gasteiger partial charge in [-0.15, -0.1) is 0 Å². The number of nitrogens with one attached hydrogen (secondary N) is 1. The molecule has 0 aliphatic rings. The first-order chi connectivity index (χ1) is 5.08. The highest BCUT2D eigenvalue weighted by Crippen LogP contribution is 2.15. The van der Waals surface area contributed by atoms with E-state index in [9.17, 15) is 0 Å². The molecule has 0 spiro atoms. The van der Waals surface area contributed by atoms with Crippen molar-refractivity contribution in [2.24, 2.45) is 0 Å². The topological polar surface area (TPSA) is 12.0 Å². The van der Waals surface area contributed by atoms with Crippen molar-refractivity contribution >= 4 is 0 Å². The van der Waals surface area contributed by atoms with E-state index in [4.69, 9.17) is 0 Å². The van der Waals surface area contributed by atoms with Crippen LogP contribution in [0.5, 0.6) is 0 Å². The summed E-state index contributed by atoms with van der Waals surface area (Å²) in [7, 11) is 0. The van der Waals surface area contributed by atoms with Gasteiger partial charge in [-0.05, 0) is 26.2 Å². The van der Waals surface area contributed by atoms with Crippen molar-refractivity contribution in [2.75, 3.05) is 0 Å². The normalized spacial score (nSPS) is 11.3. The van der Waals surface area contributed by atoms with Gasteiger partial charge in [0.2, 0.25) is 0 Å². The molecule has 1 heteroatoms. The van der Waals surface area contributed by atoms with Crippen molar-refractivity contribution in [2.45, 2.75) is 52.5 Å². The Balaban J connectivity index is 3.96. The molecular formula is C10H21N. The summed E-state index contributed by atoms with van der Waals surface area (Å²) in [5.41, 5.74) is 1.41. The molecule has 0 bridgehead atoms. The lowest BCUT2D eigenvalue weighted by atomic mass is 9.95. The SMILES string of the molecule is C=C(CC)NC(C)(CC)CC. The molecule has 0 heterocycles. The fourth-order valence-corrected chi connectivity index (χ4v) is 0.942. The maximum Gasteiger partial charge on any atom is 0.0337 e. The Kier molecular flexibility index (Phi) is 4.24. The lowest BCUT2D eigenvalue weighted by Gasteiger charge is -2.30. The first-order valence-corrected chi connectivity index (χ1v) is 4.54. The van der Waals surface area contributed by atoms with E-state index in [0.717, 1.165) is 25.0 Å². The van der Waals surface area contributed by atoms with Gasteiger partial charge < -0.3 is 5.32 Å². The quantitative estimate of drug-likeness (QED) is 0.643. The average Bonchev–Trinajstić information content (AvgIpc) is 2.04. The van der Waals surface area contributed by atoms with Gasteiger partial charge in [0.25, 0.3) is 0 Å². The minimum atomic E-state index is 0.257. The first-order valence-electron chi connectivity index (χ1n) is 4.54. The Morgan fingerprint density at radius 1 is 1.27 bits per heavy atom. The van der Waals surface area contributed by atoms with E-state index in [1.807, 2.05) is 0 Å². The zero-order chi connectivity index (χ0) is 8.91. The van der Waals surface area contributed by atoms with Gasteiger partial charge in [0.05, 0.1) is 0 Å².